The summed E-state index contributed by atoms with van der Waals surface area (Å²) < 4.78 is 6.97. The van der Waals surface area contributed by atoms with Crippen LogP contribution in [0.3, 0.4) is 0 Å². The minimum absolute atomic E-state index is 0.342. The van der Waals surface area contributed by atoms with E-state index >= 15 is 0 Å². The second kappa shape index (κ2) is 9.35. The van der Waals surface area contributed by atoms with Gasteiger partial charge in [-0.25, -0.2) is 14.5 Å². The fraction of sp³-hybridized carbons (Fsp3) is 0.269. The molecule has 0 aliphatic carbocycles. The van der Waals surface area contributed by atoms with Gasteiger partial charge in [-0.3, -0.25) is 0 Å². The maximum atomic E-state index is 11.9. The summed E-state index contributed by atoms with van der Waals surface area (Å²) in [5.74, 6) is 0.522. The molecule has 0 amide bonds. The number of carbonyl (C=O) groups is 1. The Morgan fingerprint density at radius 2 is 1.79 bits per heavy atom. The average Bonchev–Trinajstić information content (AvgIpc) is 3.21. The smallest absolute Gasteiger partial charge is 0.339 e. The van der Waals surface area contributed by atoms with E-state index in [9.17, 15) is 4.79 Å². The zero-order valence-electron chi connectivity index (χ0n) is 19.2. The Labute approximate surface area is 203 Å². The second-order valence-corrected chi connectivity index (χ2v) is 8.66. The number of aromatic nitrogens is 3. The van der Waals surface area contributed by atoms with Crippen LogP contribution < -0.4 is 9.80 Å². The molecule has 174 valence electrons. The molecule has 1 aliphatic rings. The predicted octanol–water partition coefficient (Wildman–Crippen LogP) is 4.89. The molecule has 0 N–H and O–H groups in total. The second-order valence-electron chi connectivity index (χ2n) is 8.25. The van der Waals surface area contributed by atoms with E-state index < -0.39 is 0 Å². The van der Waals surface area contributed by atoms with E-state index in [1.165, 1.54) is 0 Å². The maximum absolute atomic E-state index is 11.9. The van der Waals surface area contributed by atoms with Crippen molar-refractivity contribution in [1.29, 1.82) is 0 Å². The van der Waals surface area contributed by atoms with Crippen molar-refractivity contribution in [2.75, 3.05) is 42.6 Å². The van der Waals surface area contributed by atoms with E-state index in [1.54, 1.807) is 19.2 Å². The van der Waals surface area contributed by atoms with Crippen molar-refractivity contribution in [2.45, 2.75) is 13.8 Å². The van der Waals surface area contributed by atoms with Gasteiger partial charge in [0.25, 0.3) is 0 Å². The largest absolute Gasteiger partial charge is 0.462 e. The molecule has 0 saturated carbocycles. The van der Waals surface area contributed by atoms with Crippen molar-refractivity contribution in [2.24, 2.45) is 0 Å². The molecule has 0 atom stereocenters. The highest BCUT2D eigenvalue weighted by atomic mass is 35.5. The lowest BCUT2D eigenvalue weighted by Gasteiger charge is -2.37. The van der Waals surface area contributed by atoms with Crippen molar-refractivity contribution in [3.8, 4) is 5.69 Å². The van der Waals surface area contributed by atoms with Gasteiger partial charge in [-0.2, -0.15) is 5.10 Å². The Bertz CT molecular complexity index is 1330. The summed E-state index contributed by atoms with van der Waals surface area (Å²) >= 11 is 6.60. The fourth-order valence-corrected chi connectivity index (χ4v) is 4.56. The zero-order chi connectivity index (χ0) is 23.7. The molecule has 1 aliphatic heterocycles. The Balaban J connectivity index is 1.32. The summed E-state index contributed by atoms with van der Waals surface area (Å²) in [6.07, 6.45) is 1.58. The maximum Gasteiger partial charge on any atom is 0.339 e. The van der Waals surface area contributed by atoms with Crippen LogP contribution in [0.4, 0.5) is 11.5 Å². The van der Waals surface area contributed by atoms with Gasteiger partial charge in [-0.1, -0.05) is 29.8 Å². The Morgan fingerprint density at radius 3 is 2.50 bits per heavy atom. The van der Waals surface area contributed by atoms with Crippen molar-refractivity contribution < 1.29 is 9.53 Å². The number of rotatable bonds is 5. The molecule has 0 radical (unpaired) electrons. The number of pyridine rings is 1. The summed E-state index contributed by atoms with van der Waals surface area (Å²) in [6, 6.07) is 17.9. The highest BCUT2D eigenvalue weighted by Gasteiger charge is 2.20. The molecule has 5 rings (SSSR count). The monoisotopic (exact) mass is 475 g/mol. The minimum atomic E-state index is -0.342. The average molecular weight is 476 g/mol. The number of hydrogen-bond acceptors (Lipinski definition) is 6. The van der Waals surface area contributed by atoms with Gasteiger partial charge in [0.05, 0.1) is 28.4 Å². The number of benzene rings is 2. The van der Waals surface area contributed by atoms with Crippen LogP contribution in [0, 0.1) is 6.92 Å². The van der Waals surface area contributed by atoms with Crippen LogP contribution in [-0.4, -0.2) is 53.5 Å². The summed E-state index contributed by atoms with van der Waals surface area (Å²) in [5.41, 5.74) is 4.49. The molecule has 0 bridgehead atoms. The molecule has 8 heteroatoms. The van der Waals surface area contributed by atoms with Crippen molar-refractivity contribution in [3.63, 3.8) is 0 Å². The Kier molecular flexibility index (Phi) is 6.11. The number of nitrogens with zero attached hydrogens (tertiary/aromatic N) is 5. The zero-order valence-corrected chi connectivity index (χ0v) is 20.0. The molecular weight excluding hydrogens is 450 g/mol. The van der Waals surface area contributed by atoms with Crippen molar-refractivity contribution in [3.05, 3.63) is 77.1 Å². The number of halogens is 1. The number of esters is 1. The standard InChI is InChI=1S/C26H26ClN5O2/c1-3-34-26(33)19-8-11-25(28-17-19)31-14-12-30(13-15-31)20-9-10-22(27)24(16-20)32-18(2)21-6-4-5-7-23(21)29-32/h4-11,16-17H,3,12-15H2,1-2H3. The first-order valence-electron chi connectivity index (χ1n) is 11.4. The van der Waals surface area contributed by atoms with Crippen LogP contribution in [0.25, 0.3) is 16.6 Å². The molecule has 0 unspecified atom stereocenters. The van der Waals surface area contributed by atoms with Crippen LogP contribution in [-0.2, 0) is 4.74 Å². The number of fused-ring (bicyclic) bond motifs is 1. The topological polar surface area (TPSA) is 63.5 Å². The molecule has 3 heterocycles. The number of hydrogen-bond donors (Lipinski definition) is 0. The molecule has 34 heavy (non-hydrogen) atoms. The SMILES string of the molecule is CCOC(=O)c1ccc(N2CCN(c3ccc(Cl)c(-n4nc5ccccc5c4C)c3)CC2)nc1. The van der Waals surface area contributed by atoms with Crippen LogP contribution in [0.15, 0.2) is 60.8 Å². The summed E-state index contributed by atoms with van der Waals surface area (Å²) in [4.78, 5) is 20.9. The number of carbonyl (C=O) groups excluding carboxylic acids is 1. The lowest BCUT2D eigenvalue weighted by molar-refractivity contribution is 0.0526. The fourth-order valence-electron chi connectivity index (χ4n) is 4.36. The molecular formula is C26H26ClN5O2. The molecule has 2 aromatic carbocycles. The van der Waals surface area contributed by atoms with Crippen molar-refractivity contribution in [1.82, 2.24) is 14.8 Å². The van der Waals surface area contributed by atoms with Gasteiger partial charge in [-0.05, 0) is 50.2 Å². The molecule has 1 fully saturated rings. The number of anilines is 2. The molecule has 1 saturated heterocycles. The molecule has 2 aromatic heterocycles. The molecule has 7 nitrogen and oxygen atoms in total. The highest BCUT2D eigenvalue weighted by molar-refractivity contribution is 6.32. The third-order valence-corrected chi connectivity index (χ3v) is 6.52. The quantitative estimate of drug-likeness (QED) is 0.383. The predicted molar refractivity (Wildman–Crippen MR) is 135 cm³/mol. The van der Waals surface area contributed by atoms with Crippen LogP contribution in [0.2, 0.25) is 5.02 Å². The first kappa shape index (κ1) is 22.2. The van der Waals surface area contributed by atoms with Crippen LogP contribution >= 0.6 is 11.6 Å². The van der Waals surface area contributed by atoms with E-state index in [-0.39, 0.29) is 5.97 Å². The van der Waals surface area contributed by atoms with Gasteiger partial charge in [0.2, 0.25) is 0 Å². The molecule has 4 aromatic rings. The number of ether oxygens (including phenoxy) is 1. The van der Waals surface area contributed by atoms with Gasteiger partial charge in [-0.15, -0.1) is 0 Å². The Hall–Kier alpha value is -3.58. The highest BCUT2D eigenvalue weighted by Crippen LogP contribution is 2.30. The lowest BCUT2D eigenvalue weighted by Crippen LogP contribution is -2.46. The van der Waals surface area contributed by atoms with Gasteiger partial charge in [0, 0.05) is 49.1 Å². The van der Waals surface area contributed by atoms with E-state index in [0.29, 0.717) is 17.2 Å². The number of aryl methyl sites for hydroxylation is 1. The van der Waals surface area contributed by atoms with Gasteiger partial charge in [0.15, 0.2) is 0 Å². The summed E-state index contributed by atoms with van der Waals surface area (Å²) in [5, 5.41) is 6.57. The van der Waals surface area contributed by atoms with Crippen molar-refractivity contribution >= 4 is 40.0 Å². The van der Waals surface area contributed by atoms with E-state index in [0.717, 1.165) is 60.0 Å². The molecule has 0 spiro atoms. The van der Waals surface area contributed by atoms with E-state index in [1.807, 2.05) is 35.0 Å². The van der Waals surface area contributed by atoms with E-state index in [2.05, 4.69) is 39.9 Å². The van der Waals surface area contributed by atoms with Gasteiger partial charge >= 0.3 is 5.97 Å². The summed E-state index contributed by atoms with van der Waals surface area (Å²) in [6.45, 7) is 7.57. The van der Waals surface area contributed by atoms with Gasteiger partial charge < -0.3 is 14.5 Å². The third-order valence-electron chi connectivity index (χ3n) is 6.20. The lowest BCUT2D eigenvalue weighted by atomic mass is 10.2. The van der Waals surface area contributed by atoms with Gasteiger partial charge in [0.1, 0.15) is 5.82 Å². The number of piperazine rings is 1. The normalized spacial score (nSPS) is 14.0. The van der Waals surface area contributed by atoms with E-state index in [4.69, 9.17) is 21.4 Å². The van der Waals surface area contributed by atoms with Crippen LogP contribution in [0.5, 0.6) is 0 Å². The first-order valence-corrected chi connectivity index (χ1v) is 11.8. The minimum Gasteiger partial charge on any atom is -0.462 e. The first-order chi connectivity index (χ1) is 16.5. The Morgan fingerprint density at radius 1 is 1.03 bits per heavy atom. The third kappa shape index (κ3) is 4.19. The van der Waals surface area contributed by atoms with Crippen LogP contribution in [0.1, 0.15) is 23.0 Å². The summed E-state index contributed by atoms with van der Waals surface area (Å²) in [7, 11) is 0.